The Kier molecular flexibility index (Phi) is 5.40. The molecule has 0 saturated carbocycles. The van der Waals surface area contributed by atoms with Crippen LogP contribution in [0.5, 0.6) is 0 Å². The van der Waals surface area contributed by atoms with Crippen LogP contribution in [0.4, 0.5) is 22.0 Å². The first kappa shape index (κ1) is 19.3. The number of fused-ring (bicyclic) bond motifs is 1. The number of aromatic amines is 1. The fourth-order valence-corrected chi connectivity index (χ4v) is 3.75. The van der Waals surface area contributed by atoms with Crippen molar-refractivity contribution in [2.45, 2.75) is 25.9 Å². The van der Waals surface area contributed by atoms with E-state index >= 15 is 0 Å². The van der Waals surface area contributed by atoms with E-state index in [9.17, 15) is 4.79 Å². The Bertz CT molecular complexity index is 990. The summed E-state index contributed by atoms with van der Waals surface area (Å²) in [4.78, 5) is 24.3. The van der Waals surface area contributed by atoms with Crippen LogP contribution in [-0.2, 0) is 4.74 Å². The number of pyridine rings is 1. The van der Waals surface area contributed by atoms with E-state index in [4.69, 9.17) is 4.74 Å². The van der Waals surface area contributed by atoms with Gasteiger partial charge in [0.05, 0.1) is 23.7 Å². The Hall–Kier alpha value is -3.06. The number of carbonyl (C=O) groups is 1. The molecular formula is C22H27N5O2. The molecule has 2 N–H and O–H groups in total. The number of hydrogen-bond donors (Lipinski definition) is 2. The zero-order valence-electron chi connectivity index (χ0n) is 17.1. The molecule has 1 aliphatic heterocycles. The number of anilines is 3. The summed E-state index contributed by atoms with van der Waals surface area (Å²) in [7, 11) is 3.50. The quantitative estimate of drug-likeness (QED) is 0.698. The Morgan fingerprint density at radius 1 is 1.28 bits per heavy atom. The van der Waals surface area contributed by atoms with Gasteiger partial charge in [-0.25, -0.2) is 9.78 Å². The molecule has 3 aromatic rings. The minimum Gasteiger partial charge on any atom is -0.381 e. The zero-order valence-corrected chi connectivity index (χ0v) is 17.1. The lowest BCUT2D eigenvalue weighted by Crippen LogP contribution is -2.36. The minimum atomic E-state index is -0.228. The number of aromatic nitrogens is 2. The van der Waals surface area contributed by atoms with Crippen molar-refractivity contribution in [3.8, 4) is 0 Å². The van der Waals surface area contributed by atoms with E-state index in [0.717, 1.165) is 53.8 Å². The van der Waals surface area contributed by atoms with E-state index in [0.29, 0.717) is 11.9 Å². The van der Waals surface area contributed by atoms with Gasteiger partial charge in [-0.3, -0.25) is 4.90 Å². The number of ether oxygens (including phenoxy) is 1. The van der Waals surface area contributed by atoms with Crippen molar-refractivity contribution in [2.24, 2.45) is 0 Å². The standard InChI is InChI=1S/C22H27N5O2/c1-15-4-6-19-18(12-15)20(14-23-19)25-22(28)26(2)21-7-5-16(13-24-21)27-10-8-17(29-3)9-11-27/h4-7,12-14,17,23H,8-11H2,1-3H3,(H,25,28). The summed E-state index contributed by atoms with van der Waals surface area (Å²) in [5, 5.41) is 3.97. The summed E-state index contributed by atoms with van der Waals surface area (Å²) >= 11 is 0. The van der Waals surface area contributed by atoms with Gasteiger partial charge in [-0.1, -0.05) is 11.6 Å². The topological polar surface area (TPSA) is 73.5 Å². The number of rotatable bonds is 4. The Labute approximate surface area is 170 Å². The molecule has 152 valence electrons. The average molecular weight is 393 g/mol. The maximum absolute atomic E-state index is 12.7. The lowest BCUT2D eigenvalue weighted by molar-refractivity contribution is 0.0819. The molecule has 0 bridgehead atoms. The van der Waals surface area contributed by atoms with Crippen LogP contribution in [-0.4, -0.2) is 49.4 Å². The molecule has 1 aliphatic rings. The summed E-state index contributed by atoms with van der Waals surface area (Å²) in [6.07, 6.45) is 6.04. The van der Waals surface area contributed by atoms with E-state index in [1.54, 1.807) is 14.2 Å². The van der Waals surface area contributed by atoms with Gasteiger partial charge >= 0.3 is 6.03 Å². The molecule has 1 saturated heterocycles. The van der Waals surface area contributed by atoms with Gasteiger partial charge < -0.3 is 19.9 Å². The molecule has 0 aliphatic carbocycles. The van der Waals surface area contributed by atoms with Crippen LogP contribution in [0.15, 0.2) is 42.7 Å². The van der Waals surface area contributed by atoms with Crippen LogP contribution in [0.2, 0.25) is 0 Å². The fourth-order valence-electron chi connectivity index (χ4n) is 3.75. The van der Waals surface area contributed by atoms with Crippen LogP contribution in [0.25, 0.3) is 10.9 Å². The second-order valence-electron chi connectivity index (χ2n) is 7.54. The highest BCUT2D eigenvalue weighted by Gasteiger charge is 2.20. The number of nitrogens with zero attached hydrogens (tertiary/aromatic N) is 3. The van der Waals surface area contributed by atoms with Crippen molar-refractivity contribution in [1.29, 1.82) is 0 Å². The van der Waals surface area contributed by atoms with E-state index in [2.05, 4.69) is 26.3 Å². The smallest absolute Gasteiger partial charge is 0.327 e. The Morgan fingerprint density at radius 3 is 2.76 bits per heavy atom. The molecule has 2 amide bonds. The lowest BCUT2D eigenvalue weighted by Gasteiger charge is -2.32. The predicted octanol–water partition coefficient (Wildman–Crippen LogP) is 4.15. The van der Waals surface area contributed by atoms with Crippen LogP contribution < -0.4 is 15.1 Å². The number of hydrogen-bond acceptors (Lipinski definition) is 4. The van der Waals surface area contributed by atoms with E-state index < -0.39 is 0 Å². The van der Waals surface area contributed by atoms with Crippen molar-refractivity contribution in [3.63, 3.8) is 0 Å². The average Bonchev–Trinajstić information content (AvgIpc) is 3.15. The predicted molar refractivity (Wildman–Crippen MR) is 117 cm³/mol. The first-order valence-electron chi connectivity index (χ1n) is 9.91. The molecule has 7 nitrogen and oxygen atoms in total. The van der Waals surface area contributed by atoms with Crippen molar-refractivity contribution in [3.05, 3.63) is 48.3 Å². The van der Waals surface area contributed by atoms with Gasteiger partial charge in [-0.05, 0) is 44.0 Å². The maximum Gasteiger partial charge on any atom is 0.327 e. The second kappa shape index (κ2) is 8.13. The van der Waals surface area contributed by atoms with Crippen molar-refractivity contribution < 1.29 is 9.53 Å². The van der Waals surface area contributed by atoms with Gasteiger partial charge in [0.1, 0.15) is 5.82 Å². The number of nitrogens with one attached hydrogen (secondary N) is 2. The molecule has 4 rings (SSSR count). The van der Waals surface area contributed by atoms with Crippen molar-refractivity contribution >= 4 is 34.1 Å². The zero-order chi connectivity index (χ0) is 20.4. The van der Waals surface area contributed by atoms with Gasteiger partial charge in [-0.15, -0.1) is 0 Å². The molecular weight excluding hydrogens is 366 g/mol. The molecule has 1 aromatic carbocycles. The number of H-pyrrole nitrogens is 1. The minimum absolute atomic E-state index is 0.228. The van der Waals surface area contributed by atoms with Crippen molar-refractivity contribution in [2.75, 3.05) is 42.4 Å². The third-order valence-corrected chi connectivity index (χ3v) is 5.60. The summed E-state index contributed by atoms with van der Waals surface area (Å²) in [6.45, 7) is 3.94. The highest BCUT2D eigenvalue weighted by Crippen LogP contribution is 2.26. The van der Waals surface area contributed by atoms with Crippen LogP contribution in [0.3, 0.4) is 0 Å². The highest BCUT2D eigenvalue weighted by atomic mass is 16.5. The van der Waals surface area contributed by atoms with Crippen LogP contribution in [0, 0.1) is 6.92 Å². The number of carbonyl (C=O) groups excluding carboxylic acids is 1. The van der Waals surface area contributed by atoms with E-state index in [1.807, 2.05) is 43.6 Å². The molecule has 2 aromatic heterocycles. The molecule has 0 radical (unpaired) electrons. The molecule has 3 heterocycles. The lowest BCUT2D eigenvalue weighted by atomic mass is 10.1. The number of methoxy groups -OCH3 is 1. The van der Waals surface area contributed by atoms with Crippen LogP contribution >= 0.6 is 0 Å². The van der Waals surface area contributed by atoms with Crippen molar-refractivity contribution in [1.82, 2.24) is 9.97 Å². The largest absolute Gasteiger partial charge is 0.381 e. The van der Waals surface area contributed by atoms with E-state index in [1.165, 1.54) is 4.90 Å². The molecule has 1 fully saturated rings. The first-order valence-corrected chi connectivity index (χ1v) is 9.91. The molecule has 0 spiro atoms. The second-order valence-corrected chi connectivity index (χ2v) is 7.54. The molecule has 7 heteroatoms. The number of benzene rings is 1. The summed E-state index contributed by atoms with van der Waals surface area (Å²) in [5.74, 6) is 0.606. The fraction of sp³-hybridized carbons (Fsp3) is 0.364. The Morgan fingerprint density at radius 2 is 2.07 bits per heavy atom. The number of aryl methyl sites for hydroxylation is 1. The normalized spacial score (nSPS) is 14.9. The van der Waals surface area contributed by atoms with Gasteiger partial charge in [-0.2, -0.15) is 0 Å². The van der Waals surface area contributed by atoms with E-state index in [-0.39, 0.29) is 6.03 Å². The number of amides is 2. The first-order chi connectivity index (χ1) is 14.0. The Balaban J connectivity index is 1.43. The molecule has 0 unspecified atom stereocenters. The SMILES string of the molecule is COC1CCN(c2ccc(N(C)C(=O)Nc3c[nH]c4ccc(C)cc34)nc2)CC1. The summed E-state index contributed by atoms with van der Waals surface area (Å²) < 4.78 is 5.43. The van der Waals surface area contributed by atoms with Gasteiger partial charge in [0.15, 0.2) is 0 Å². The summed E-state index contributed by atoms with van der Waals surface area (Å²) in [6, 6.07) is 9.79. The van der Waals surface area contributed by atoms with Crippen LogP contribution in [0.1, 0.15) is 18.4 Å². The van der Waals surface area contributed by atoms with Gasteiger partial charge in [0, 0.05) is 44.3 Å². The third kappa shape index (κ3) is 4.05. The monoisotopic (exact) mass is 393 g/mol. The number of urea groups is 1. The maximum atomic E-state index is 12.7. The molecule has 29 heavy (non-hydrogen) atoms. The third-order valence-electron chi connectivity index (χ3n) is 5.60. The molecule has 0 atom stereocenters. The number of piperidine rings is 1. The van der Waals surface area contributed by atoms with Gasteiger partial charge in [0.2, 0.25) is 0 Å². The van der Waals surface area contributed by atoms with Gasteiger partial charge in [0.25, 0.3) is 0 Å². The summed E-state index contributed by atoms with van der Waals surface area (Å²) in [5.41, 5.74) is 3.98. The highest BCUT2D eigenvalue weighted by molar-refractivity contribution is 6.06.